The molecule has 1 aromatic carbocycles. The third kappa shape index (κ3) is 0.554. The van der Waals surface area contributed by atoms with E-state index in [2.05, 4.69) is 10.3 Å². The van der Waals surface area contributed by atoms with Gasteiger partial charge in [-0.3, -0.25) is 0 Å². The molecule has 0 saturated carbocycles. The van der Waals surface area contributed by atoms with Gasteiger partial charge in [-0.25, -0.2) is 0 Å². The molecule has 2 aromatic rings. The van der Waals surface area contributed by atoms with Crippen molar-refractivity contribution in [3.05, 3.63) is 53.2 Å². The summed E-state index contributed by atoms with van der Waals surface area (Å²) in [5, 5.41) is 15.4. The fourth-order valence-corrected chi connectivity index (χ4v) is 98.7. The van der Waals surface area contributed by atoms with E-state index in [4.69, 9.17) is 5.73 Å². The number of nitrogens with one attached hydrogen (secondary N) is 1. The number of nitrogens with zero attached hydrogens (tertiary/aromatic N) is 1. The van der Waals surface area contributed by atoms with Crippen molar-refractivity contribution in [2.75, 3.05) is 19.6 Å². The van der Waals surface area contributed by atoms with E-state index >= 15 is 0 Å². The molecule has 0 amide bonds. The van der Waals surface area contributed by atoms with Crippen molar-refractivity contribution >= 4 is 0 Å². The van der Waals surface area contributed by atoms with E-state index in [0.717, 1.165) is 82.0 Å². The number of benzene rings is 1. The molecule has 10 aliphatic rings. The Morgan fingerprint density at radius 1 is 0.897 bits per heavy atom. The van der Waals surface area contributed by atoms with Crippen LogP contribution in [0.25, 0.3) is 11.3 Å². The summed E-state index contributed by atoms with van der Waals surface area (Å²) < 4.78 is 81.4. The van der Waals surface area contributed by atoms with Crippen LogP contribution >= 0.6 is 0 Å². The van der Waals surface area contributed by atoms with Crippen molar-refractivity contribution in [1.29, 1.82) is 0 Å². The molecular formula is C28H27F6FeN3O. The van der Waals surface area contributed by atoms with Gasteiger partial charge in [-0.1, -0.05) is 0 Å². The van der Waals surface area contributed by atoms with E-state index in [1.807, 2.05) is 0 Å². The van der Waals surface area contributed by atoms with Crippen LogP contribution in [0, 0.1) is 0 Å². The van der Waals surface area contributed by atoms with Crippen LogP contribution in [-0.2, 0) is 18.9 Å². The molecule has 0 bridgehead atoms. The molecule has 39 heavy (non-hydrogen) atoms. The molecule has 210 valence electrons. The van der Waals surface area contributed by atoms with Crippen LogP contribution in [0.4, 0.5) is 26.3 Å². The molecule has 12 rings (SSSR count). The maximum atomic E-state index is 13.9. The van der Waals surface area contributed by atoms with E-state index in [-0.39, 0.29) is 21.1 Å². The second kappa shape index (κ2) is 3.08. The Morgan fingerprint density at radius 2 is 1.51 bits per heavy atom. The predicted octanol–water partition coefficient (Wildman–Crippen LogP) is 6.89. The molecule has 10 aliphatic heterocycles. The number of nitrogens with two attached hydrogens (primary N) is 1. The summed E-state index contributed by atoms with van der Waals surface area (Å²) in [4.78, 5) is 11.3. The van der Waals surface area contributed by atoms with Crippen LogP contribution in [0.15, 0.2) is 36.4 Å². The normalized spacial score (nSPS) is 62.3. The Hall–Kier alpha value is -1.65. The summed E-state index contributed by atoms with van der Waals surface area (Å²) in [6.07, 6.45) is -9.79. The van der Waals surface area contributed by atoms with Gasteiger partial charge in [0.25, 0.3) is 0 Å². The van der Waals surface area contributed by atoms with Crippen LogP contribution in [-0.4, -0.2) is 29.7 Å². The van der Waals surface area contributed by atoms with Crippen LogP contribution in [0.5, 0.6) is 0 Å². The van der Waals surface area contributed by atoms with Gasteiger partial charge in [0.15, 0.2) is 0 Å². The maximum absolute atomic E-state index is 13.9. The van der Waals surface area contributed by atoms with E-state index in [1.54, 1.807) is 0 Å². The SMILES string of the molecule is NCCNC[C]12[CH]3[CH]4[CH]5[C]1(C[C@@H](O)c1cc(-c6ccc(C(F)(F)F)cc6)nc(C(F)(F)F)c1)[Fe]43521678[CH]2[CH]1[CH]6[CH]7[CH]28. The zero-order chi connectivity index (χ0) is 26.9. The summed E-state index contributed by atoms with van der Waals surface area (Å²) in [5.41, 5.74) is 4.04. The third-order valence-corrected chi connectivity index (χ3v) is 63.8. The van der Waals surface area contributed by atoms with Crippen LogP contribution < -0.4 is 11.1 Å². The third-order valence-electron chi connectivity index (χ3n) is 19.7. The number of pyridine rings is 1. The van der Waals surface area contributed by atoms with Crippen molar-refractivity contribution < 1.29 is 38.0 Å². The van der Waals surface area contributed by atoms with Crippen LogP contribution in [0.2, 0.25) is 47.2 Å². The molecule has 6 atom stereocenters. The van der Waals surface area contributed by atoms with E-state index < -0.39 is 36.2 Å². The van der Waals surface area contributed by atoms with Crippen LogP contribution in [0.3, 0.4) is 0 Å². The van der Waals surface area contributed by atoms with Gasteiger partial charge in [-0.15, -0.1) is 0 Å². The summed E-state index contributed by atoms with van der Waals surface area (Å²) in [6, 6.07) is 6.38. The Kier molecular flexibility index (Phi) is 1.67. The minimum absolute atomic E-state index is 0.0722. The molecule has 10 saturated heterocycles. The molecule has 5 unspecified atom stereocenters. The first-order valence-electron chi connectivity index (χ1n) is 13.7. The molecule has 4 nitrogen and oxygen atoms in total. The second-order valence-electron chi connectivity index (χ2n) is 16.0. The van der Waals surface area contributed by atoms with Gasteiger partial charge in [-0.05, 0) is 0 Å². The molecule has 0 aliphatic carbocycles. The van der Waals surface area contributed by atoms with Crippen molar-refractivity contribution in [2.45, 2.75) is 72.0 Å². The van der Waals surface area contributed by atoms with Gasteiger partial charge in [0, 0.05) is 0 Å². The number of alkyl halides is 6. The topological polar surface area (TPSA) is 71.2 Å². The molecule has 1 spiro atoms. The number of fused-ring (bicyclic) bond motifs is 10. The Labute approximate surface area is 210 Å². The van der Waals surface area contributed by atoms with Gasteiger partial charge < -0.3 is 0 Å². The zero-order valence-electron chi connectivity index (χ0n) is 20.6. The molecular weight excluding hydrogens is 564 g/mol. The number of halogens is 6. The number of aromatic nitrogens is 1. The van der Waals surface area contributed by atoms with E-state index in [9.17, 15) is 31.4 Å². The van der Waals surface area contributed by atoms with E-state index in [0.29, 0.717) is 17.3 Å². The predicted molar refractivity (Wildman–Crippen MR) is 127 cm³/mol. The molecule has 0 radical (unpaired) electrons. The summed E-state index contributed by atoms with van der Waals surface area (Å²) in [7, 11) is 0. The Balaban J connectivity index is 0.961. The Bertz CT molecular complexity index is 1940. The molecule has 11 heteroatoms. The van der Waals surface area contributed by atoms with Crippen molar-refractivity contribution in [3.8, 4) is 11.3 Å². The number of rotatable bonds is 8. The van der Waals surface area contributed by atoms with Crippen LogP contribution in [0.1, 0.15) is 29.3 Å². The van der Waals surface area contributed by atoms with Gasteiger partial charge in [0.1, 0.15) is 0 Å². The monoisotopic (exact) mass is 591 g/mol. The minimum atomic E-state index is -4.75. The second-order valence-corrected chi connectivity index (χ2v) is 39.4. The zero-order valence-corrected chi connectivity index (χ0v) is 21.7. The number of aliphatic hydroxyl groups excluding tert-OH is 1. The van der Waals surface area contributed by atoms with Gasteiger partial charge >= 0.3 is 210 Å². The molecule has 1 aromatic heterocycles. The number of aliphatic hydroxyl groups is 1. The van der Waals surface area contributed by atoms with Gasteiger partial charge in [0.2, 0.25) is 0 Å². The fourth-order valence-electron chi connectivity index (χ4n) is 21.2. The summed E-state index contributed by atoms with van der Waals surface area (Å²) >= 11 is 0. The Morgan fingerprint density at radius 3 is 2.03 bits per heavy atom. The standard InChI is InChI=1S/C23H22F6N3O.C5H5.Fe/c24-22(25,26)18-6-4-14(5-7-18)19-10-17(12-21(32-19)23(27,28)29)20(33)11-15-2-1-3-16(15)13-31-9-8-30;1-2-4-5-3-1;/h1-7,10,12,20,31,33H,8-9,11,13,30H2;1-5H;/t20-;;/m1../s1. The number of hydrogen-bond acceptors (Lipinski definition) is 4. The van der Waals surface area contributed by atoms with E-state index in [1.165, 1.54) is 6.07 Å². The first-order chi connectivity index (χ1) is 18.2. The van der Waals surface area contributed by atoms with Crippen molar-refractivity contribution in [2.24, 2.45) is 5.73 Å². The van der Waals surface area contributed by atoms with Gasteiger partial charge in [-0.2, -0.15) is 0 Å². The fraction of sp³-hybridized carbons (Fsp3) is 0.607. The van der Waals surface area contributed by atoms with Crippen molar-refractivity contribution in [3.63, 3.8) is 0 Å². The van der Waals surface area contributed by atoms with Gasteiger partial charge in [0.05, 0.1) is 0 Å². The first kappa shape index (κ1) is 21.1. The summed E-state index contributed by atoms with van der Waals surface area (Å²) in [5.74, 6) is 0. The number of hydrogen-bond donors (Lipinski definition) is 3. The molecule has 11 heterocycles. The summed E-state index contributed by atoms with van der Waals surface area (Å²) in [6.45, 7) is -1.57. The van der Waals surface area contributed by atoms with Crippen molar-refractivity contribution in [1.82, 2.24) is 10.3 Å². The first-order valence-corrected chi connectivity index (χ1v) is 19.9. The average molecular weight is 591 g/mol. The average Bonchev–Trinajstić information content (AvgIpc) is 3.84. The molecule has 10 fully saturated rings. The quantitative estimate of drug-likeness (QED) is 0.178. The molecule has 4 N–H and O–H groups in total.